The van der Waals surface area contributed by atoms with Gasteiger partial charge in [0.25, 0.3) is 0 Å². The first-order chi connectivity index (χ1) is 11.8. The van der Waals surface area contributed by atoms with Crippen LogP contribution < -0.4 is 5.32 Å². The van der Waals surface area contributed by atoms with Crippen molar-refractivity contribution >= 4 is 40.9 Å². The first kappa shape index (κ1) is 20.0. The van der Waals surface area contributed by atoms with Crippen molar-refractivity contribution < 1.29 is 4.79 Å². The van der Waals surface area contributed by atoms with E-state index in [1.54, 1.807) is 12.1 Å². The van der Waals surface area contributed by atoms with Crippen molar-refractivity contribution in [3.8, 4) is 0 Å². The Morgan fingerprint density at radius 3 is 2.40 bits per heavy atom. The molecule has 7 heteroatoms. The number of amides is 1. The molecule has 0 spiro atoms. The van der Waals surface area contributed by atoms with Crippen LogP contribution in [0.4, 0.5) is 0 Å². The molecule has 1 N–H and O–H groups in total. The van der Waals surface area contributed by atoms with Crippen LogP contribution in [0, 0.1) is 13.8 Å². The number of hydrogen-bond acceptors (Lipinski definition) is 4. The van der Waals surface area contributed by atoms with E-state index in [0.717, 1.165) is 27.7 Å². The van der Waals surface area contributed by atoms with Gasteiger partial charge in [-0.25, -0.2) is 9.97 Å². The highest BCUT2D eigenvalue weighted by Gasteiger charge is 2.14. The monoisotopic (exact) mass is 397 g/mol. The number of hydrogen-bond donors (Lipinski definition) is 1. The minimum Gasteiger partial charge on any atom is -0.350 e. The van der Waals surface area contributed by atoms with Gasteiger partial charge in [-0.2, -0.15) is 0 Å². The molecule has 0 aliphatic rings. The topological polar surface area (TPSA) is 54.9 Å². The quantitative estimate of drug-likeness (QED) is 0.554. The normalized spacial score (nSPS) is 12.1. The Morgan fingerprint density at radius 2 is 1.84 bits per heavy atom. The Morgan fingerprint density at radius 1 is 1.20 bits per heavy atom. The second kappa shape index (κ2) is 8.88. The third-order valence-electron chi connectivity index (χ3n) is 4.01. The van der Waals surface area contributed by atoms with Gasteiger partial charge in [-0.1, -0.05) is 41.0 Å². The largest absolute Gasteiger partial charge is 0.350 e. The molecule has 2 rings (SSSR count). The zero-order valence-corrected chi connectivity index (χ0v) is 17.0. The van der Waals surface area contributed by atoms with Crippen LogP contribution in [0.2, 0.25) is 10.0 Å². The number of aryl methyl sites for hydroxylation is 2. The Labute approximate surface area is 162 Å². The lowest BCUT2D eigenvalue weighted by atomic mass is 10.1. The Hall–Kier alpha value is -1.30. The molecule has 1 amide bonds. The van der Waals surface area contributed by atoms with E-state index in [0.29, 0.717) is 22.9 Å². The molecule has 2 aromatic rings. The van der Waals surface area contributed by atoms with Crippen LogP contribution in [0.1, 0.15) is 41.9 Å². The van der Waals surface area contributed by atoms with Crippen molar-refractivity contribution in [3.05, 3.63) is 50.8 Å². The molecular formula is C18H21Cl2N3OS. The predicted octanol–water partition coefficient (Wildman–Crippen LogP) is 4.93. The van der Waals surface area contributed by atoms with Crippen LogP contribution >= 0.6 is 35.0 Å². The van der Waals surface area contributed by atoms with Crippen molar-refractivity contribution in [2.75, 3.05) is 6.26 Å². The maximum absolute atomic E-state index is 12.3. The summed E-state index contributed by atoms with van der Waals surface area (Å²) in [6.07, 6.45) is 2.95. The van der Waals surface area contributed by atoms with E-state index < -0.39 is 0 Å². The van der Waals surface area contributed by atoms with Crippen LogP contribution in [-0.2, 0) is 11.2 Å². The zero-order chi connectivity index (χ0) is 18.6. The van der Waals surface area contributed by atoms with Gasteiger partial charge in [0.15, 0.2) is 5.16 Å². The number of carbonyl (C=O) groups is 1. The average Bonchev–Trinajstić information content (AvgIpc) is 2.56. The smallest absolute Gasteiger partial charge is 0.220 e. The number of nitrogens with zero attached hydrogens (tertiary/aromatic N) is 2. The van der Waals surface area contributed by atoms with Crippen LogP contribution in [0.5, 0.6) is 0 Å². The highest BCUT2D eigenvalue weighted by atomic mass is 35.5. The summed E-state index contributed by atoms with van der Waals surface area (Å²) in [5.41, 5.74) is 3.82. The molecule has 25 heavy (non-hydrogen) atoms. The lowest BCUT2D eigenvalue weighted by molar-refractivity contribution is -0.121. The molecule has 0 aliphatic heterocycles. The SMILES string of the molecule is CSc1nc(C)c(CCC(=O)N[C@@H](C)c2ccc(Cl)c(Cl)c2)c(C)n1. The highest BCUT2D eigenvalue weighted by molar-refractivity contribution is 7.98. The van der Waals surface area contributed by atoms with Gasteiger partial charge in [-0.05, 0) is 56.7 Å². The molecular weight excluding hydrogens is 377 g/mol. The number of aromatic nitrogens is 2. The van der Waals surface area contributed by atoms with E-state index in [1.807, 2.05) is 33.1 Å². The third-order valence-corrected chi connectivity index (χ3v) is 5.29. The Bertz CT molecular complexity index is 760. The average molecular weight is 398 g/mol. The van der Waals surface area contributed by atoms with Crippen LogP contribution in [0.15, 0.2) is 23.4 Å². The fourth-order valence-corrected chi connectivity index (χ4v) is 3.34. The second-order valence-corrected chi connectivity index (χ2v) is 7.41. The van der Waals surface area contributed by atoms with E-state index in [9.17, 15) is 4.79 Å². The van der Waals surface area contributed by atoms with Gasteiger partial charge in [-0.15, -0.1) is 0 Å². The summed E-state index contributed by atoms with van der Waals surface area (Å²) in [4.78, 5) is 21.2. The number of rotatable bonds is 6. The summed E-state index contributed by atoms with van der Waals surface area (Å²) < 4.78 is 0. The van der Waals surface area contributed by atoms with Gasteiger partial charge >= 0.3 is 0 Å². The second-order valence-electron chi connectivity index (χ2n) is 5.82. The van der Waals surface area contributed by atoms with Crippen LogP contribution in [0.25, 0.3) is 0 Å². The van der Waals surface area contributed by atoms with Gasteiger partial charge in [-0.3, -0.25) is 4.79 Å². The van der Waals surface area contributed by atoms with E-state index in [-0.39, 0.29) is 11.9 Å². The van der Waals surface area contributed by atoms with Crippen molar-refractivity contribution in [2.24, 2.45) is 0 Å². The molecule has 1 atom stereocenters. The molecule has 0 aliphatic carbocycles. The summed E-state index contributed by atoms with van der Waals surface area (Å²) in [6.45, 7) is 5.84. The summed E-state index contributed by atoms with van der Waals surface area (Å²) in [5.74, 6) is -0.0219. The minimum absolute atomic E-state index is 0.0219. The summed E-state index contributed by atoms with van der Waals surface area (Å²) in [7, 11) is 0. The molecule has 1 aromatic heterocycles. The first-order valence-electron chi connectivity index (χ1n) is 7.94. The fourth-order valence-electron chi connectivity index (χ4n) is 2.58. The van der Waals surface area contributed by atoms with E-state index in [4.69, 9.17) is 23.2 Å². The molecule has 0 bridgehead atoms. The lowest BCUT2D eigenvalue weighted by Crippen LogP contribution is -2.27. The zero-order valence-electron chi connectivity index (χ0n) is 14.7. The summed E-state index contributed by atoms with van der Waals surface area (Å²) in [6, 6.07) is 5.24. The van der Waals surface area contributed by atoms with Gasteiger partial charge in [0.2, 0.25) is 5.91 Å². The molecule has 1 aromatic carbocycles. The van der Waals surface area contributed by atoms with Crippen LogP contribution in [0.3, 0.4) is 0 Å². The molecule has 1 heterocycles. The summed E-state index contributed by atoms with van der Waals surface area (Å²) >= 11 is 13.5. The first-order valence-corrected chi connectivity index (χ1v) is 9.92. The predicted molar refractivity (Wildman–Crippen MR) is 105 cm³/mol. The molecule has 134 valence electrons. The van der Waals surface area contributed by atoms with Gasteiger partial charge in [0.1, 0.15) is 0 Å². The number of nitrogens with one attached hydrogen (secondary N) is 1. The van der Waals surface area contributed by atoms with Crippen LogP contribution in [-0.4, -0.2) is 22.1 Å². The number of halogens is 2. The molecule has 0 fully saturated rings. The van der Waals surface area contributed by atoms with E-state index in [1.165, 1.54) is 11.8 Å². The van der Waals surface area contributed by atoms with Crippen molar-refractivity contribution in [1.29, 1.82) is 0 Å². The summed E-state index contributed by atoms with van der Waals surface area (Å²) in [5, 5.41) is 4.74. The Balaban J connectivity index is 1.97. The molecule has 0 radical (unpaired) electrons. The van der Waals surface area contributed by atoms with E-state index >= 15 is 0 Å². The lowest BCUT2D eigenvalue weighted by Gasteiger charge is -2.16. The van der Waals surface area contributed by atoms with Crippen molar-refractivity contribution in [1.82, 2.24) is 15.3 Å². The standard InChI is InChI=1S/C18H21Cl2N3OS/c1-10(13-5-7-15(19)16(20)9-13)21-17(24)8-6-14-11(2)22-18(25-4)23-12(14)3/h5,7,9-10H,6,8H2,1-4H3,(H,21,24)/t10-/m0/s1. The van der Waals surface area contributed by atoms with Gasteiger partial charge < -0.3 is 5.32 Å². The van der Waals surface area contributed by atoms with Crippen molar-refractivity contribution in [3.63, 3.8) is 0 Å². The number of thioether (sulfide) groups is 1. The van der Waals surface area contributed by atoms with Crippen molar-refractivity contribution in [2.45, 2.75) is 44.8 Å². The maximum atomic E-state index is 12.3. The van der Waals surface area contributed by atoms with E-state index in [2.05, 4.69) is 15.3 Å². The molecule has 4 nitrogen and oxygen atoms in total. The third kappa shape index (κ3) is 5.33. The Kier molecular flexibility index (Phi) is 7.11. The molecule has 0 unspecified atom stereocenters. The number of benzene rings is 1. The van der Waals surface area contributed by atoms with Gasteiger partial charge in [0, 0.05) is 17.8 Å². The molecule has 0 saturated heterocycles. The number of carbonyl (C=O) groups excluding carboxylic acids is 1. The van der Waals surface area contributed by atoms with Gasteiger partial charge in [0.05, 0.1) is 16.1 Å². The maximum Gasteiger partial charge on any atom is 0.220 e. The molecule has 0 saturated carbocycles. The minimum atomic E-state index is -0.139. The fraction of sp³-hybridized carbons (Fsp3) is 0.389. The highest BCUT2D eigenvalue weighted by Crippen LogP contribution is 2.25.